The van der Waals surface area contributed by atoms with Crippen LogP contribution in [0.3, 0.4) is 0 Å². The lowest BCUT2D eigenvalue weighted by Crippen LogP contribution is -2.42. The molecule has 1 aliphatic heterocycles. The summed E-state index contributed by atoms with van der Waals surface area (Å²) in [5.41, 5.74) is 2.27. The summed E-state index contributed by atoms with van der Waals surface area (Å²) in [6.45, 7) is 3.49. The Bertz CT molecular complexity index is 1580. The monoisotopic (exact) mass is 557 g/mol. The van der Waals surface area contributed by atoms with Gasteiger partial charge in [-0.05, 0) is 91.6 Å². The standard InChI is InChI=1S/C33H36FN3O4/c34-30-18-27(41-16-15-38)11-12-28(30)32-35-31-13-8-25(24-6-9-26(39)10-7-24)17-29(31)33(40)37(32)21-23-5-2-14-36(20-23)19-22-3-1-4-22/h6-13,17-18,22-23,38-39H,1-5,14-16,19-21H2. The molecule has 1 unspecified atom stereocenters. The van der Waals surface area contributed by atoms with Crippen molar-refractivity contribution >= 4 is 10.9 Å². The second-order valence-electron chi connectivity index (χ2n) is 11.4. The lowest BCUT2D eigenvalue weighted by molar-refractivity contribution is 0.117. The lowest BCUT2D eigenvalue weighted by Gasteiger charge is -2.37. The van der Waals surface area contributed by atoms with Gasteiger partial charge in [-0.2, -0.15) is 0 Å². The number of likely N-dealkylation sites (tertiary alicyclic amines) is 1. The number of aliphatic hydroxyl groups excluding tert-OH is 1. The van der Waals surface area contributed by atoms with Crippen molar-refractivity contribution < 1.29 is 19.3 Å². The summed E-state index contributed by atoms with van der Waals surface area (Å²) in [5.74, 6) is 1.31. The van der Waals surface area contributed by atoms with E-state index in [9.17, 15) is 9.90 Å². The molecule has 1 saturated heterocycles. The van der Waals surface area contributed by atoms with Crippen LogP contribution in [0.4, 0.5) is 4.39 Å². The Balaban J connectivity index is 1.40. The third-order valence-corrected chi connectivity index (χ3v) is 8.48. The van der Waals surface area contributed by atoms with Gasteiger partial charge in [-0.1, -0.05) is 24.6 Å². The third kappa shape index (κ3) is 5.99. The van der Waals surface area contributed by atoms with Gasteiger partial charge in [0.05, 0.1) is 23.1 Å². The van der Waals surface area contributed by atoms with Gasteiger partial charge in [-0.25, -0.2) is 9.37 Å². The van der Waals surface area contributed by atoms with Crippen molar-refractivity contribution in [2.24, 2.45) is 11.8 Å². The number of nitrogens with zero attached hydrogens (tertiary/aromatic N) is 3. The predicted molar refractivity (Wildman–Crippen MR) is 158 cm³/mol. The fourth-order valence-corrected chi connectivity index (χ4v) is 6.12. The van der Waals surface area contributed by atoms with E-state index in [0.29, 0.717) is 29.0 Å². The Morgan fingerprint density at radius 3 is 2.44 bits per heavy atom. The number of aromatic nitrogens is 2. The first-order valence-corrected chi connectivity index (χ1v) is 14.6. The van der Waals surface area contributed by atoms with Crippen LogP contribution in [0.25, 0.3) is 33.4 Å². The molecule has 8 heteroatoms. The molecule has 0 radical (unpaired) electrons. The SMILES string of the molecule is O=c1c2cc(-c3ccc(O)cc3)ccc2nc(-c2ccc(OCCO)cc2F)n1CC1CCCN(CC2CCC2)C1. The molecule has 1 aromatic heterocycles. The maximum Gasteiger partial charge on any atom is 0.261 e. The average molecular weight is 558 g/mol. The zero-order valence-corrected chi connectivity index (χ0v) is 23.1. The zero-order valence-electron chi connectivity index (χ0n) is 23.1. The van der Waals surface area contributed by atoms with Crippen molar-refractivity contribution in [3.05, 3.63) is 76.8 Å². The number of rotatable bonds is 9. The summed E-state index contributed by atoms with van der Waals surface area (Å²) in [7, 11) is 0. The van der Waals surface area contributed by atoms with Crippen molar-refractivity contribution in [2.75, 3.05) is 32.8 Å². The first-order chi connectivity index (χ1) is 20.0. The summed E-state index contributed by atoms with van der Waals surface area (Å²) in [5, 5.41) is 19.2. The van der Waals surface area contributed by atoms with Gasteiger partial charge in [0.15, 0.2) is 0 Å². The van der Waals surface area contributed by atoms with Crippen LogP contribution in [-0.4, -0.2) is 57.5 Å². The number of phenols is 1. The molecule has 2 fully saturated rings. The molecule has 6 rings (SSSR count). The summed E-state index contributed by atoms with van der Waals surface area (Å²) < 4.78 is 22.5. The van der Waals surface area contributed by atoms with E-state index in [2.05, 4.69) is 4.90 Å². The zero-order chi connectivity index (χ0) is 28.3. The van der Waals surface area contributed by atoms with Crippen LogP contribution >= 0.6 is 0 Å². The number of hydrogen-bond donors (Lipinski definition) is 2. The number of aromatic hydroxyl groups is 1. The summed E-state index contributed by atoms with van der Waals surface area (Å²) in [4.78, 5) is 21.6. The number of phenolic OH excluding ortho intramolecular Hbond substituents is 1. The van der Waals surface area contributed by atoms with E-state index in [1.54, 1.807) is 34.9 Å². The molecule has 2 N–H and O–H groups in total. The average Bonchev–Trinajstić information content (AvgIpc) is 2.96. The maximum absolute atomic E-state index is 15.5. The van der Waals surface area contributed by atoms with Crippen molar-refractivity contribution in [1.29, 1.82) is 0 Å². The van der Waals surface area contributed by atoms with Crippen molar-refractivity contribution in [2.45, 2.75) is 38.6 Å². The number of halogens is 1. The first-order valence-electron chi connectivity index (χ1n) is 14.6. The smallest absolute Gasteiger partial charge is 0.261 e. The van der Waals surface area contributed by atoms with E-state index in [1.807, 2.05) is 24.3 Å². The second-order valence-corrected chi connectivity index (χ2v) is 11.4. The van der Waals surface area contributed by atoms with Gasteiger partial charge in [-0.15, -0.1) is 0 Å². The molecule has 1 saturated carbocycles. The van der Waals surface area contributed by atoms with E-state index < -0.39 is 5.82 Å². The van der Waals surface area contributed by atoms with E-state index >= 15 is 4.39 Å². The minimum absolute atomic E-state index is 0.0696. The van der Waals surface area contributed by atoms with Gasteiger partial charge in [0, 0.05) is 25.7 Å². The highest BCUT2D eigenvalue weighted by Crippen LogP contribution is 2.31. The largest absolute Gasteiger partial charge is 0.508 e. The van der Waals surface area contributed by atoms with Crippen LogP contribution < -0.4 is 10.3 Å². The fraction of sp³-hybridized carbons (Fsp3) is 0.394. The van der Waals surface area contributed by atoms with Crippen LogP contribution in [0, 0.1) is 17.7 Å². The van der Waals surface area contributed by atoms with E-state index in [0.717, 1.165) is 49.5 Å². The number of fused-ring (bicyclic) bond motifs is 1. The third-order valence-electron chi connectivity index (χ3n) is 8.48. The molecule has 214 valence electrons. The molecule has 3 aromatic carbocycles. The topological polar surface area (TPSA) is 87.8 Å². The van der Waals surface area contributed by atoms with Gasteiger partial charge in [0.25, 0.3) is 5.56 Å². The Kier molecular flexibility index (Phi) is 8.03. The molecule has 0 spiro atoms. The maximum atomic E-state index is 15.5. The predicted octanol–water partition coefficient (Wildman–Crippen LogP) is 5.46. The molecule has 41 heavy (non-hydrogen) atoms. The van der Waals surface area contributed by atoms with Crippen molar-refractivity contribution in [3.63, 3.8) is 0 Å². The van der Waals surface area contributed by atoms with Crippen LogP contribution in [-0.2, 0) is 6.54 Å². The highest BCUT2D eigenvalue weighted by atomic mass is 19.1. The normalized spacial score (nSPS) is 18.0. The molecular formula is C33H36FN3O4. The van der Waals surface area contributed by atoms with Gasteiger partial charge >= 0.3 is 0 Å². The van der Waals surface area contributed by atoms with Gasteiger partial charge in [0.2, 0.25) is 0 Å². The molecule has 7 nitrogen and oxygen atoms in total. The van der Waals surface area contributed by atoms with Crippen LogP contribution in [0.2, 0.25) is 0 Å². The van der Waals surface area contributed by atoms with Crippen LogP contribution in [0.1, 0.15) is 32.1 Å². The highest BCUT2D eigenvalue weighted by molar-refractivity contribution is 5.85. The first kappa shape index (κ1) is 27.4. The van der Waals surface area contributed by atoms with Crippen LogP contribution in [0.5, 0.6) is 11.5 Å². The van der Waals surface area contributed by atoms with Crippen molar-refractivity contribution in [1.82, 2.24) is 14.5 Å². The molecular weight excluding hydrogens is 521 g/mol. The van der Waals surface area contributed by atoms with E-state index in [1.165, 1.54) is 25.3 Å². The summed E-state index contributed by atoms with van der Waals surface area (Å²) >= 11 is 0. The number of ether oxygens (including phenoxy) is 1. The Morgan fingerprint density at radius 2 is 1.71 bits per heavy atom. The van der Waals surface area contributed by atoms with E-state index in [4.69, 9.17) is 14.8 Å². The summed E-state index contributed by atoms with van der Waals surface area (Å²) in [6, 6.07) is 16.9. The Labute approximate surface area is 238 Å². The minimum atomic E-state index is -0.531. The van der Waals surface area contributed by atoms with Gasteiger partial charge < -0.3 is 19.8 Å². The lowest BCUT2D eigenvalue weighted by atomic mass is 9.84. The molecule has 4 aromatic rings. The summed E-state index contributed by atoms with van der Waals surface area (Å²) in [6.07, 6.45) is 6.03. The number of piperidine rings is 1. The van der Waals surface area contributed by atoms with Crippen molar-refractivity contribution in [3.8, 4) is 34.0 Å². The Hall–Kier alpha value is -3.75. The second kappa shape index (κ2) is 12.0. The molecule has 0 amide bonds. The highest BCUT2D eigenvalue weighted by Gasteiger charge is 2.27. The Morgan fingerprint density at radius 1 is 0.927 bits per heavy atom. The van der Waals surface area contributed by atoms with Gasteiger partial charge in [0.1, 0.15) is 29.7 Å². The quantitative estimate of drug-likeness (QED) is 0.284. The van der Waals surface area contributed by atoms with Crippen LogP contribution in [0.15, 0.2) is 65.5 Å². The van der Waals surface area contributed by atoms with E-state index in [-0.39, 0.29) is 36.0 Å². The number of benzene rings is 3. The molecule has 0 bridgehead atoms. The fourth-order valence-electron chi connectivity index (χ4n) is 6.12. The number of aliphatic hydroxyl groups is 1. The minimum Gasteiger partial charge on any atom is -0.508 e. The molecule has 2 heterocycles. The van der Waals surface area contributed by atoms with Gasteiger partial charge in [-0.3, -0.25) is 9.36 Å². The molecule has 2 aliphatic rings. The molecule has 1 aliphatic carbocycles. The number of hydrogen-bond acceptors (Lipinski definition) is 6. The molecule has 1 atom stereocenters.